The van der Waals surface area contributed by atoms with Crippen LogP contribution in [0.15, 0.2) is 66.2 Å². The molecule has 54 heavy (non-hydrogen) atoms. The Hall–Kier alpha value is -4.86. The summed E-state index contributed by atoms with van der Waals surface area (Å²) >= 11 is 6.47. The lowest BCUT2D eigenvalue weighted by Gasteiger charge is -2.33. The van der Waals surface area contributed by atoms with Crippen molar-refractivity contribution in [3.8, 4) is 22.5 Å². The zero-order chi connectivity index (χ0) is 38.2. The molecule has 3 saturated carbocycles. The summed E-state index contributed by atoms with van der Waals surface area (Å²) in [6.45, 7) is -1.63. The molecule has 3 heterocycles. The molecule has 2 aromatic carbocycles. The van der Waals surface area contributed by atoms with Gasteiger partial charge in [0.05, 0.1) is 35.1 Å². The van der Waals surface area contributed by atoms with E-state index in [1.54, 1.807) is 6.20 Å². The highest BCUT2D eigenvalue weighted by Gasteiger charge is 2.64. The summed E-state index contributed by atoms with van der Waals surface area (Å²) in [6.07, 6.45) is 3.01. The fourth-order valence-electron chi connectivity index (χ4n) is 7.32. The predicted molar refractivity (Wildman–Crippen MR) is 186 cm³/mol. The van der Waals surface area contributed by atoms with Gasteiger partial charge in [-0.2, -0.15) is 36.8 Å². The second-order valence-electron chi connectivity index (χ2n) is 15.2. The Kier molecular flexibility index (Phi) is 8.62. The molecule has 0 bridgehead atoms. The van der Waals surface area contributed by atoms with E-state index in [0.717, 1.165) is 43.1 Å². The first-order valence-electron chi connectivity index (χ1n) is 17.7. The number of guanidine groups is 1. The van der Waals surface area contributed by atoms with Gasteiger partial charge in [-0.25, -0.2) is 9.98 Å². The van der Waals surface area contributed by atoms with Crippen LogP contribution in [-0.4, -0.2) is 60.1 Å². The molecule has 3 fully saturated rings. The van der Waals surface area contributed by atoms with Crippen molar-refractivity contribution in [1.29, 1.82) is 0 Å². The number of hydrogen-bond acceptors (Lipinski definition) is 8. The molecule has 4 aliphatic rings. The van der Waals surface area contributed by atoms with Crippen molar-refractivity contribution < 1.29 is 36.3 Å². The maximum atomic E-state index is 15.0. The summed E-state index contributed by atoms with van der Waals surface area (Å²) in [4.78, 5) is 38.0. The number of nitrogens with two attached hydrogens (primary N) is 1. The Bertz CT molecular complexity index is 2140. The van der Waals surface area contributed by atoms with E-state index in [9.17, 15) is 26.7 Å². The van der Waals surface area contributed by atoms with Crippen LogP contribution in [0.5, 0.6) is 0 Å². The molecule has 0 unspecified atom stereocenters. The van der Waals surface area contributed by atoms with Crippen molar-refractivity contribution >= 4 is 29.4 Å². The van der Waals surface area contributed by atoms with E-state index in [0.29, 0.717) is 22.7 Å². The molecule has 3 aliphatic carbocycles. The fraction of sp³-hybridized carbons (Fsp3) is 0.459. The van der Waals surface area contributed by atoms with Gasteiger partial charge < -0.3 is 10.5 Å². The molecule has 11 nitrogen and oxygen atoms in total. The van der Waals surface area contributed by atoms with Gasteiger partial charge in [-0.15, -0.1) is 0 Å². The summed E-state index contributed by atoms with van der Waals surface area (Å²) in [5, 5.41) is 8.09. The van der Waals surface area contributed by atoms with Gasteiger partial charge in [0.2, 0.25) is 0 Å². The second-order valence-corrected chi connectivity index (χ2v) is 15.6. The van der Waals surface area contributed by atoms with Crippen LogP contribution in [-0.2, 0) is 19.9 Å². The minimum absolute atomic E-state index is 0.0248. The lowest BCUT2D eigenvalue weighted by Crippen LogP contribution is -2.47. The quantitative estimate of drug-likeness (QED) is 0.109. The molecule has 0 radical (unpaired) electrons. The Balaban J connectivity index is 1.16. The molecule has 0 saturated heterocycles. The number of esters is 1. The third kappa shape index (κ3) is 6.51. The monoisotopic (exact) mass is 770 g/mol. The van der Waals surface area contributed by atoms with E-state index in [2.05, 4.69) is 22.1 Å². The number of aromatic nitrogens is 5. The SMILES string of the molecule is CC1(C[C@]2(c3ccc(-c4cnn(C5CC5)c4)cc3)N=C(N)N([C@H](COC(=O)CC3(C(F)(F)F)CC3)c3ccc(Cl)c(-c4ncnn4C(F)F)c3)C2=O)CC1. The number of amides is 1. The molecular weight excluding hydrogens is 735 g/mol. The summed E-state index contributed by atoms with van der Waals surface area (Å²) < 4.78 is 76.7. The highest BCUT2D eigenvalue weighted by atomic mass is 35.5. The average Bonchev–Trinajstić information content (AvgIpc) is 4.10. The molecule has 2 atom stereocenters. The third-order valence-corrected chi connectivity index (χ3v) is 11.5. The van der Waals surface area contributed by atoms with Crippen LogP contribution in [0, 0.1) is 10.8 Å². The van der Waals surface area contributed by atoms with Crippen molar-refractivity contribution in [2.75, 3.05) is 6.61 Å². The molecule has 2 N–H and O–H groups in total. The zero-order valence-electron chi connectivity index (χ0n) is 29.1. The Morgan fingerprint density at radius 2 is 1.78 bits per heavy atom. The lowest BCUT2D eigenvalue weighted by atomic mass is 9.79. The van der Waals surface area contributed by atoms with E-state index < -0.39 is 54.6 Å². The van der Waals surface area contributed by atoms with E-state index >= 15 is 4.79 Å². The standard InChI is InChI=1S/C37H36ClF5N8O3/c1-34(10-11-34)19-36(24-5-2-21(3-6-24)23-16-46-49(17-23)25-7-8-25)31(53)50(33(44)48-36)28(18-54-29(52)15-35(12-13-35)37(41,42)43)22-4-9-27(38)26(14-22)30-45-20-47-51(30)32(39)40/h2-6,9,14,16-17,20,25,28,32H,7-8,10-13,15,18-19H2,1H3,(H2,44,48)/t28-,36-/m1/s1. The van der Waals surface area contributed by atoms with Gasteiger partial charge in [0.15, 0.2) is 17.3 Å². The summed E-state index contributed by atoms with van der Waals surface area (Å²) in [7, 11) is 0. The number of aliphatic imine (C=N–C) groups is 1. The van der Waals surface area contributed by atoms with Gasteiger partial charge in [0.1, 0.15) is 12.9 Å². The highest BCUT2D eigenvalue weighted by Crippen LogP contribution is 2.60. The fourth-order valence-corrected chi connectivity index (χ4v) is 7.52. The normalized spacial score (nSPS) is 22.0. The number of carbonyl (C=O) groups is 2. The minimum atomic E-state index is -4.59. The number of alkyl halides is 5. The smallest absolute Gasteiger partial charge is 0.395 e. The van der Waals surface area contributed by atoms with Crippen LogP contribution in [0.4, 0.5) is 22.0 Å². The maximum Gasteiger partial charge on any atom is 0.395 e. The van der Waals surface area contributed by atoms with Gasteiger partial charge in [0, 0.05) is 17.3 Å². The van der Waals surface area contributed by atoms with Crippen molar-refractivity contribution in [2.24, 2.45) is 21.6 Å². The van der Waals surface area contributed by atoms with E-state index in [4.69, 9.17) is 27.1 Å². The van der Waals surface area contributed by atoms with E-state index in [1.807, 2.05) is 35.1 Å². The number of hydrogen-bond donors (Lipinski definition) is 1. The first kappa shape index (κ1) is 36.1. The van der Waals surface area contributed by atoms with E-state index in [-0.39, 0.29) is 46.2 Å². The molecule has 284 valence electrons. The molecule has 0 spiro atoms. The largest absolute Gasteiger partial charge is 0.463 e. The van der Waals surface area contributed by atoms with Crippen LogP contribution in [0.25, 0.3) is 22.5 Å². The Labute approximate surface area is 311 Å². The molecule has 8 rings (SSSR count). The van der Waals surface area contributed by atoms with Gasteiger partial charge >= 0.3 is 18.7 Å². The van der Waals surface area contributed by atoms with Gasteiger partial charge in [-0.3, -0.25) is 19.2 Å². The summed E-state index contributed by atoms with van der Waals surface area (Å²) in [5.74, 6) is -2.13. The Morgan fingerprint density at radius 1 is 1.06 bits per heavy atom. The van der Waals surface area contributed by atoms with Crippen molar-refractivity contribution in [3.63, 3.8) is 0 Å². The molecule has 2 aromatic heterocycles. The molecular formula is C37H36ClF5N8O3. The topological polar surface area (TPSA) is 134 Å². The molecule has 17 heteroatoms. The number of benzene rings is 2. The summed E-state index contributed by atoms with van der Waals surface area (Å²) in [6, 6.07) is 10.9. The van der Waals surface area contributed by atoms with Crippen LogP contribution >= 0.6 is 11.6 Å². The average molecular weight is 771 g/mol. The highest BCUT2D eigenvalue weighted by molar-refractivity contribution is 6.33. The molecule has 4 aromatic rings. The minimum Gasteiger partial charge on any atom is -0.463 e. The van der Waals surface area contributed by atoms with E-state index in [1.165, 1.54) is 23.1 Å². The third-order valence-electron chi connectivity index (χ3n) is 11.2. The van der Waals surface area contributed by atoms with Gasteiger partial charge in [-0.05, 0) is 79.2 Å². The number of nitrogens with zero attached hydrogens (tertiary/aromatic N) is 7. The number of carbonyl (C=O) groups excluding carboxylic acids is 2. The van der Waals surface area contributed by atoms with Gasteiger partial charge in [-0.1, -0.05) is 48.9 Å². The number of ether oxygens (including phenoxy) is 1. The first-order chi connectivity index (χ1) is 25.6. The zero-order valence-corrected chi connectivity index (χ0v) is 29.8. The lowest BCUT2D eigenvalue weighted by molar-refractivity contribution is -0.195. The van der Waals surface area contributed by atoms with Crippen LogP contribution in [0.1, 0.15) is 88.1 Å². The van der Waals surface area contributed by atoms with Crippen molar-refractivity contribution in [2.45, 2.75) is 88.6 Å². The number of rotatable bonds is 13. The van der Waals surface area contributed by atoms with Crippen LogP contribution in [0.2, 0.25) is 5.02 Å². The van der Waals surface area contributed by atoms with Crippen molar-refractivity contribution in [1.82, 2.24) is 29.4 Å². The van der Waals surface area contributed by atoms with Gasteiger partial charge in [0.25, 0.3) is 5.91 Å². The second kappa shape index (κ2) is 12.9. The maximum absolute atomic E-state index is 15.0. The van der Waals surface area contributed by atoms with Crippen LogP contribution in [0.3, 0.4) is 0 Å². The summed E-state index contributed by atoms with van der Waals surface area (Å²) in [5.41, 5.74) is 5.37. The molecule has 1 amide bonds. The van der Waals surface area contributed by atoms with Crippen LogP contribution < -0.4 is 5.73 Å². The number of halogens is 6. The Morgan fingerprint density at radius 3 is 2.41 bits per heavy atom. The first-order valence-corrected chi connectivity index (χ1v) is 18.0. The molecule has 1 aliphatic heterocycles. The predicted octanol–water partition coefficient (Wildman–Crippen LogP) is 7.75. The van der Waals surface area contributed by atoms with Crippen molar-refractivity contribution in [3.05, 3.63) is 77.3 Å².